The second kappa shape index (κ2) is 9.04. The van der Waals surface area contributed by atoms with Crippen LogP contribution in [-0.2, 0) is 4.79 Å². The van der Waals surface area contributed by atoms with E-state index in [4.69, 9.17) is 21.1 Å². The van der Waals surface area contributed by atoms with Crippen LogP contribution in [0.1, 0.15) is 0 Å². The smallest absolute Gasteiger partial charge is 0.272 e. The Hall–Kier alpha value is -2.81. The molecular formula is C16H15ClF2N4O3. The maximum absolute atomic E-state index is 12.4. The monoisotopic (exact) mass is 384 g/mol. The van der Waals surface area contributed by atoms with Crippen molar-refractivity contribution in [3.63, 3.8) is 0 Å². The predicted octanol–water partition coefficient (Wildman–Crippen LogP) is 3.53. The van der Waals surface area contributed by atoms with Crippen LogP contribution in [0.3, 0.4) is 0 Å². The van der Waals surface area contributed by atoms with Crippen molar-refractivity contribution in [2.24, 2.45) is 4.99 Å². The number of pyridine rings is 2. The molecule has 2 rings (SSSR count). The number of carbonyl (C=O) groups is 1. The topological polar surface area (TPSA) is 76.9 Å². The first-order valence-electron chi connectivity index (χ1n) is 7.31. The van der Waals surface area contributed by atoms with Crippen LogP contribution < -0.4 is 14.4 Å². The van der Waals surface area contributed by atoms with Crippen LogP contribution >= 0.6 is 11.6 Å². The molecule has 0 unspecified atom stereocenters. The summed E-state index contributed by atoms with van der Waals surface area (Å²) in [6.07, 6.45) is -0.675. The van der Waals surface area contributed by atoms with E-state index in [-0.39, 0.29) is 29.1 Å². The summed E-state index contributed by atoms with van der Waals surface area (Å²) >= 11 is 5.82. The average Bonchev–Trinajstić information content (AvgIpc) is 2.62. The number of hydrogen-bond acceptors (Lipinski definition) is 7. The molecule has 0 N–H and O–H groups in total. The average molecular weight is 385 g/mol. The molecule has 26 heavy (non-hydrogen) atoms. The molecule has 0 aliphatic carbocycles. The summed E-state index contributed by atoms with van der Waals surface area (Å²) in [5.41, 5.74) is 0.444. The van der Waals surface area contributed by atoms with Gasteiger partial charge in [0.25, 0.3) is 12.3 Å². The van der Waals surface area contributed by atoms with Gasteiger partial charge in [0.05, 0.1) is 11.6 Å². The summed E-state index contributed by atoms with van der Waals surface area (Å²) in [5.74, 6) is 0.328. The number of halogens is 3. The first-order valence-corrected chi connectivity index (χ1v) is 7.69. The van der Waals surface area contributed by atoms with E-state index < -0.39 is 13.0 Å². The molecule has 0 fully saturated rings. The Morgan fingerprint density at radius 3 is 2.88 bits per heavy atom. The molecule has 7 nitrogen and oxygen atoms in total. The summed E-state index contributed by atoms with van der Waals surface area (Å²) in [6, 6.07) is 4.39. The number of hydrogen-bond donors (Lipinski definition) is 0. The van der Waals surface area contributed by atoms with Crippen molar-refractivity contribution in [3.8, 4) is 17.5 Å². The molecule has 0 aliphatic rings. The van der Waals surface area contributed by atoms with Crippen molar-refractivity contribution in [2.45, 2.75) is 6.43 Å². The maximum atomic E-state index is 12.4. The maximum Gasteiger partial charge on any atom is 0.272 e. The molecule has 0 bridgehead atoms. The van der Waals surface area contributed by atoms with Crippen LogP contribution in [0.15, 0.2) is 29.4 Å². The molecule has 10 heteroatoms. The molecular weight excluding hydrogens is 370 g/mol. The number of ether oxygens (including phenoxy) is 2. The quantitative estimate of drug-likeness (QED) is 0.486. The molecule has 0 saturated heterocycles. The van der Waals surface area contributed by atoms with Crippen molar-refractivity contribution in [2.75, 3.05) is 25.1 Å². The first kappa shape index (κ1) is 19.5. The lowest BCUT2D eigenvalue weighted by atomic mass is 10.3. The van der Waals surface area contributed by atoms with E-state index >= 15 is 0 Å². The molecule has 0 atom stereocenters. The van der Waals surface area contributed by atoms with Crippen molar-refractivity contribution in [3.05, 3.63) is 29.4 Å². The lowest BCUT2D eigenvalue weighted by Crippen LogP contribution is -2.20. The molecule has 2 aromatic heterocycles. The number of carbonyl (C=O) groups excluding carboxylic acids is 1. The third kappa shape index (κ3) is 5.09. The van der Waals surface area contributed by atoms with Gasteiger partial charge in [-0.25, -0.2) is 13.8 Å². The van der Waals surface area contributed by atoms with Crippen LogP contribution in [0, 0.1) is 0 Å². The van der Waals surface area contributed by atoms with Crippen molar-refractivity contribution >= 4 is 36.1 Å². The van der Waals surface area contributed by atoms with Crippen LogP contribution in [0.25, 0.3) is 0 Å². The fraction of sp³-hybridized carbons (Fsp3) is 0.250. The van der Waals surface area contributed by atoms with Gasteiger partial charge in [-0.05, 0) is 12.8 Å². The van der Waals surface area contributed by atoms with E-state index in [1.807, 2.05) is 0 Å². The lowest BCUT2D eigenvalue weighted by molar-refractivity contribution is -0.106. The van der Waals surface area contributed by atoms with E-state index in [2.05, 4.69) is 21.7 Å². The van der Waals surface area contributed by atoms with Gasteiger partial charge < -0.3 is 19.2 Å². The highest BCUT2D eigenvalue weighted by Crippen LogP contribution is 2.34. The summed E-state index contributed by atoms with van der Waals surface area (Å²) < 4.78 is 35.3. The molecule has 138 valence electrons. The molecule has 0 radical (unpaired) electrons. The van der Waals surface area contributed by atoms with Gasteiger partial charge in [0.15, 0.2) is 11.6 Å². The van der Waals surface area contributed by atoms with Crippen molar-refractivity contribution in [1.29, 1.82) is 0 Å². The highest BCUT2D eigenvalue weighted by molar-refractivity contribution is 6.30. The van der Waals surface area contributed by atoms with Gasteiger partial charge in [0, 0.05) is 25.4 Å². The molecule has 0 amide bonds. The predicted molar refractivity (Wildman–Crippen MR) is 93.6 cm³/mol. The van der Waals surface area contributed by atoms with Crippen LogP contribution in [0.4, 0.5) is 20.3 Å². The largest absolute Gasteiger partial charge is 0.482 e. The number of aliphatic imine (C=N–C) groups is 1. The van der Waals surface area contributed by atoms with Crippen molar-refractivity contribution < 1.29 is 23.0 Å². The van der Waals surface area contributed by atoms with Crippen LogP contribution in [-0.4, -0.2) is 49.6 Å². The van der Waals surface area contributed by atoms with Gasteiger partial charge in [0.2, 0.25) is 5.88 Å². The van der Waals surface area contributed by atoms with Gasteiger partial charge in [-0.15, -0.1) is 0 Å². The Balaban J connectivity index is 2.31. The zero-order chi connectivity index (χ0) is 19.1. The van der Waals surface area contributed by atoms with Gasteiger partial charge in [-0.3, -0.25) is 4.99 Å². The number of rotatable bonds is 9. The van der Waals surface area contributed by atoms with Crippen LogP contribution in [0.5, 0.6) is 17.5 Å². The Morgan fingerprint density at radius 2 is 2.23 bits per heavy atom. The second-order valence-electron chi connectivity index (χ2n) is 4.96. The molecule has 2 aromatic rings. The third-order valence-electron chi connectivity index (χ3n) is 3.06. The minimum atomic E-state index is -2.67. The zero-order valence-electron chi connectivity index (χ0n) is 13.7. The minimum absolute atomic E-state index is 0.0479. The molecule has 2 heterocycles. The number of anilines is 1. The first-order chi connectivity index (χ1) is 12.4. The van der Waals surface area contributed by atoms with Crippen molar-refractivity contribution in [1.82, 2.24) is 9.97 Å². The number of aromatic nitrogens is 2. The van der Waals surface area contributed by atoms with Gasteiger partial charge in [0.1, 0.15) is 18.6 Å². The Bertz CT molecular complexity index is 792. The number of aldehydes is 1. The summed E-state index contributed by atoms with van der Waals surface area (Å²) in [5, 5.41) is 0.201. The van der Waals surface area contributed by atoms with Crippen LogP contribution in [0.2, 0.25) is 5.02 Å². The number of nitrogens with zero attached hydrogens (tertiary/aromatic N) is 4. The van der Waals surface area contributed by atoms with E-state index in [1.165, 1.54) is 18.3 Å². The second-order valence-corrected chi connectivity index (χ2v) is 5.39. The highest BCUT2D eigenvalue weighted by Gasteiger charge is 2.15. The highest BCUT2D eigenvalue weighted by atomic mass is 35.5. The van der Waals surface area contributed by atoms with E-state index in [9.17, 15) is 13.6 Å². The molecule has 0 spiro atoms. The molecule has 0 saturated carbocycles. The SMILES string of the molecule is C=Nc1ccc(Oc2ncc(Cl)cc2OCC(F)F)nc1N(C)CC=O. The number of likely N-dealkylation sites (N-methyl/N-ethyl adjacent to an activating group) is 1. The summed E-state index contributed by atoms with van der Waals surface area (Å²) in [4.78, 5) is 24.3. The van der Waals surface area contributed by atoms with Gasteiger partial charge in [-0.2, -0.15) is 4.98 Å². The van der Waals surface area contributed by atoms with E-state index in [1.54, 1.807) is 18.0 Å². The molecule has 0 aliphatic heterocycles. The van der Waals surface area contributed by atoms with E-state index in [0.29, 0.717) is 17.8 Å². The normalized spacial score (nSPS) is 10.5. The third-order valence-corrected chi connectivity index (χ3v) is 3.27. The fourth-order valence-electron chi connectivity index (χ4n) is 1.92. The van der Waals surface area contributed by atoms with Gasteiger partial charge >= 0.3 is 0 Å². The van der Waals surface area contributed by atoms with Gasteiger partial charge in [-0.1, -0.05) is 11.6 Å². The summed E-state index contributed by atoms with van der Waals surface area (Å²) in [6.45, 7) is 2.70. The zero-order valence-corrected chi connectivity index (χ0v) is 14.5. The fourth-order valence-corrected chi connectivity index (χ4v) is 2.07. The minimum Gasteiger partial charge on any atom is -0.482 e. The Morgan fingerprint density at radius 1 is 1.46 bits per heavy atom. The number of alkyl halides is 2. The summed E-state index contributed by atoms with van der Waals surface area (Å²) in [7, 11) is 1.65. The Kier molecular flexibility index (Phi) is 6.79. The Labute approximate surface area is 153 Å². The molecule has 0 aromatic carbocycles. The van der Waals surface area contributed by atoms with E-state index in [0.717, 1.165) is 0 Å². The lowest BCUT2D eigenvalue weighted by Gasteiger charge is -2.18. The standard InChI is InChI=1S/C16H15ClF2N4O3/c1-20-11-3-4-14(22-15(11)23(2)5-6-24)26-16-12(25-9-13(18)19)7-10(17)8-21-16/h3-4,6-8,13H,1,5,9H2,2H3.